The van der Waals surface area contributed by atoms with E-state index in [0.29, 0.717) is 21.5 Å². The SMILES string of the molecule is CC(=O)Nc1nc(C)c(-c2csc(NC3(O)C=CC=C(C(N)=O)C3)n2)s1. The number of anilines is 2. The third-order valence-corrected chi connectivity index (χ3v) is 5.44. The molecule has 1 aliphatic carbocycles. The number of aromatic nitrogens is 2. The quantitative estimate of drug-likeness (QED) is 0.577. The van der Waals surface area contributed by atoms with Gasteiger partial charge in [-0.05, 0) is 13.0 Å². The number of primary amides is 1. The van der Waals surface area contributed by atoms with E-state index < -0.39 is 11.6 Å². The van der Waals surface area contributed by atoms with Crippen molar-refractivity contribution in [2.75, 3.05) is 10.6 Å². The molecular weight excluding hydrogens is 374 g/mol. The highest BCUT2D eigenvalue weighted by atomic mass is 32.1. The van der Waals surface area contributed by atoms with Gasteiger partial charge in [0.2, 0.25) is 11.8 Å². The number of hydrogen-bond donors (Lipinski definition) is 4. The Labute approximate surface area is 157 Å². The molecule has 2 heterocycles. The first-order chi connectivity index (χ1) is 12.3. The summed E-state index contributed by atoms with van der Waals surface area (Å²) in [6.07, 6.45) is 4.77. The smallest absolute Gasteiger partial charge is 0.244 e. The van der Waals surface area contributed by atoms with E-state index in [1.54, 1.807) is 18.2 Å². The van der Waals surface area contributed by atoms with Crippen LogP contribution in [-0.4, -0.2) is 32.6 Å². The fraction of sp³-hybridized carbons (Fsp3) is 0.250. The van der Waals surface area contributed by atoms with Crippen LogP contribution < -0.4 is 16.4 Å². The van der Waals surface area contributed by atoms with Gasteiger partial charge in [0.15, 0.2) is 16.0 Å². The maximum atomic E-state index is 11.3. The molecule has 0 spiro atoms. The molecule has 1 unspecified atom stereocenters. The number of nitrogens with one attached hydrogen (secondary N) is 2. The largest absolute Gasteiger partial charge is 0.367 e. The van der Waals surface area contributed by atoms with Crippen molar-refractivity contribution in [2.45, 2.75) is 26.0 Å². The number of nitrogens with two attached hydrogens (primary N) is 1. The van der Waals surface area contributed by atoms with E-state index in [2.05, 4.69) is 20.6 Å². The molecule has 10 heteroatoms. The van der Waals surface area contributed by atoms with E-state index >= 15 is 0 Å². The maximum Gasteiger partial charge on any atom is 0.244 e. The summed E-state index contributed by atoms with van der Waals surface area (Å²) < 4.78 is 0. The Kier molecular flexibility index (Phi) is 4.90. The van der Waals surface area contributed by atoms with Gasteiger partial charge in [-0.3, -0.25) is 9.59 Å². The van der Waals surface area contributed by atoms with Gasteiger partial charge in [-0.25, -0.2) is 9.97 Å². The Morgan fingerprint density at radius 1 is 1.35 bits per heavy atom. The predicted molar refractivity (Wildman–Crippen MR) is 102 cm³/mol. The molecule has 1 atom stereocenters. The first kappa shape index (κ1) is 18.2. The minimum atomic E-state index is -1.43. The summed E-state index contributed by atoms with van der Waals surface area (Å²) in [7, 11) is 0. The average Bonchev–Trinajstić information content (AvgIpc) is 3.12. The summed E-state index contributed by atoms with van der Waals surface area (Å²) in [4.78, 5) is 32.1. The third-order valence-electron chi connectivity index (χ3n) is 3.59. The maximum absolute atomic E-state index is 11.3. The van der Waals surface area contributed by atoms with Gasteiger partial charge in [0.05, 0.1) is 16.3 Å². The molecule has 0 saturated heterocycles. The zero-order valence-corrected chi connectivity index (χ0v) is 15.7. The van der Waals surface area contributed by atoms with Crippen molar-refractivity contribution in [3.63, 3.8) is 0 Å². The molecule has 2 aromatic rings. The second-order valence-electron chi connectivity index (χ2n) is 5.79. The Bertz CT molecular complexity index is 930. The normalized spacial score (nSPS) is 19.1. The van der Waals surface area contributed by atoms with E-state index in [0.717, 1.165) is 10.6 Å². The topological polar surface area (TPSA) is 130 Å². The van der Waals surface area contributed by atoms with Crippen LogP contribution in [0.2, 0.25) is 0 Å². The second-order valence-corrected chi connectivity index (χ2v) is 7.65. The van der Waals surface area contributed by atoms with Gasteiger partial charge in [-0.15, -0.1) is 11.3 Å². The number of aliphatic hydroxyl groups is 1. The number of carbonyl (C=O) groups excluding carboxylic acids is 2. The highest BCUT2D eigenvalue weighted by Crippen LogP contribution is 2.35. The molecular formula is C16H17N5O3S2. The first-order valence-corrected chi connectivity index (χ1v) is 9.35. The van der Waals surface area contributed by atoms with Crippen LogP contribution in [0.15, 0.2) is 29.2 Å². The molecule has 0 saturated carbocycles. The van der Waals surface area contributed by atoms with Gasteiger partial charge in [0, 0.05) is 24.3 Å². The molecule has 2 amide bonds. The minimum Gasteiger partial charge on any atom is -0.367 e. The number of allylic oxidation sites excluding steroid dienone is 2. The molecule has 5 N–H and O–H groups in total. The van der Waals surface area contributed by atoms with Gasteiger partial charge >= 0.3 is 0 Å². The van der Waals surface area contributed by atoms with Gasteiger partial charge in [0.25, 0.3) is 0 Å². The van der Waals surface area contributed by atoms with Crippen LogP contribution >= 0.6 is 22.7 Å². The van der Waals surface area contributed by atoms with Gasteiger partial charge in [-0.1, -0.05) is 23.5 Å². The van der Waals surface area contributed by atoms with Crippen LogP contribution in [-0.2, 0) is 9.59 Å². The molecule has 1 aliphatic rings. The number of carbonyl (C=O) groups is 2. The van der Waals surface area contributed by atoms with Crippen molar-refractivity contribution < 1.29 is 14.7 Å². The van der Waals surface area contributed by atoms with Gasteiger partial charge < -0.3 is 21.5 Å². The number of hydrogen-bond acceptors (Lipinski definition) is 8. The molecule has 8 nitrogen and oxygen atoms in total. The summed E-state index contributed by atoms with van der Waals surface area (Å²) in [6.45, 7) is 3.26. The van der Waals surface area contributed by atoms with Crippen LogP contribution in [0, 0.1) is 6.92 Å². The van der Waals surface area contributed by atoms with E-state index in [1.807, 2.05) is 12.3 Å². The highest BCUT2D eigenvalue weighted by molar-refractivity contribution is 7.19. The molecule has 26 heavy (non-hydrogen) atoms. The van der Waals surface area contributed by atoms with Crippen LogP contribution in [0.5, 0.6) is 0 Å². The van der Waals surface area contributed by atoms with E-state index in [1.165, 1.54) is 29.6 Å². The molecule has 3 rings (SSSR count). The van der Waals surface area contributed by atoms with E-state index in [4.69, 9.17) is 5.73 Å². The van der Waals surface area contributed by atoms with Crippen molar-refractivity contribution in [1.82, 2.24) is 9.97 Å². The Morgan fingerprint density at radius 3 is 2.81 bits per heavy atom. The number of rotatable bonds is 5. The number of thiazole rings is 2. The lowest BCUT2D eigenvalue weighted by molar-refractivity contribution is -0.115. The predicted octanol–water partition coefficient (Wildman–Crippen LogP) is 2.01. The molecule has 0 radical (unpaired) electrons. The average molecular weight is 391 g/mol. The van der Waals surface area contributed by atoms with Crippen molar-refractivity contribution >= 4 is 44.8 Å². The molecule has 0 bridgehead atoms. The lowest BCUT2D eigenvalue weighted by Crippen LogP contribution is -2.39. The zero-order chi connectivity index (χ0) is 18.9. The van der Waals surface area contributed by atoms with Crippen molar-refractivity contribution in [3.8, 4) is 10.6 Å². The minimum absolute atomic E-state index is 0.0556. The summed E-state index contributed by atoms with van der Waals surface area (Å²) in [5, 5.41) is 19.1. The summed E-state index contributed by atoms with van der Waals surface area (Å²) in [5.41, 5.74) is 5.63. The molecule has 136 valence electrons. The lowest BCUT2D eigenvalue weighted by atomic mass is 9.97. The molecule has 2 aromatic heterocycles. The van der Waals surface area contributed by atoms with Crippen molar-refractivity contribution in [3.05, 3.63) is 34.9 Å². The monoisotopic (exact) mass is 391 g/mol. The van der Waals surface area contributed by atoms with Crippen molar-refractivity contribution in [1.29, 1.82) is 0 Å². The molecule has 0 aliphatic heterocycles. The lowest BCUT2D eigenvalue weighted by Gasteiger charge is -2.28. The van der Waals surface area contributed by atoms with E-state index in [-0.39, 0.29) is 12.3 Å². The Balaban J connectivity index is 1.78. The Morgan fingerprint density at radius 2 is 2.12 bits per heavy atom. The summed E-state index contributed by atoms with van der Waals surface area (Å²) in [6, 6.07) is 0. The number of nitrogens with zero attached hydrogens (tertiary/aromatic N) is 2. The number of aryl methyl sites for hydroxylation is 1. The van der Waals surface area contributed by atoms with Crippen LogP contribution in [0.3, 0.4) is 0 Å². The first-order valence-electron chi connectivity index (χ1n) is 7.65. The number of amides is 2. The van der Waals surface area contributed by atoms with Crippen LogP contribution in [0.25, 0.3) is 10.6 Å². The fourth-order valence-corrected chi connectivity index (χ4v) is 4.27. The summed E-state index contributed by atoms with van der Waals surface area (Å²) in [5.74, 6) is -0.754. The molecule has 0 aromatic carbocycles. The summed E-state index contributed by atoms with van der Waals surface area (Å²) >= 11 is 2.65. The second kappa shape index (κ2) is 6.98. The highest BCUT2D eigenvalue weighted by Gasteiger charge is 2.30. The zero-order valence-electron chi connectivity index (χ0n) is 14.1. The van der Waals surface area contributed by atoms with Crippen LogP contribution in [0.4, 0.5) is 10.3 Å². The van der Waals surface area contributed by atoms with Crippen LogP contribution in [0.1, 0.15) is 19.0 Å². The molecule has 0 fully saturated rings. The van der Waals surface area contributed by atoms with E-state index in [9.17, 15) is 14.7 Å². The standard InChI is InChI=1S/C16H17N5O3S2/c1-8-12(26-14(18-8)19-9(2)22)11-7-25-15(20-11)21-16(24)5-3-4-10(6-16)13(17)23/h3-5,7,24H,6H2,1-2H3,(H2,17,23)(H,20,21)(H,18,19,22). The Hall–Kier alpha value is -2.56. The third kappa shape index (κ3) is 3.98. The van der Waals surface area contributed by atoms with Crippen molar-refractivity contribution in [2.24, 2.45) is 5.73 Å². The van der Waals surface area contributed by atoms with Gasteiger partial charge in [-0.2, -0.15) is 0 Å². The van der Waals surface area contributed by atoms with Gasteiger partial charge in [0.1, 0.15) is 0 Å². The fourth-order valence-electron chi connectivity index (χ4n) is 2.45.